The van der Waals surface area contributed by atoms with Crippen LogP contribution in [0.2, 0.25) is 0 Å². The van der Waals surface area contributed by atoms with Gasteiger partial charge in [0.15, 0.2) is 15.6 Å². The van der Waals surface area contributed by atoms with E-state index in [0.29, 0.717) is 13.0 Å². The van der Waals surface area contributed by atoms with E-state index in [1.165, 1.54) is 12.1 Å². The van der Waals surface area contributed by atoms with E-state index in [4.69, 9.17) is 9.52 Å². The number of carboxylic acid groups (broad SMARTS) is 1. The summed E-state index contributed by atoms with van der Waals surface area (Å²) < 4.78 is 28.0. The van der Waals surface area contributed by atoms with Gasteiger partial charge in [-0.25, -0.2) is 13.2 Å². The maximum Gasteiger partial charge on any atom is 0.335 e. The second-order valence-corrected chi connectivity index (χ2v) is 8.24. The molecule has 2 heterocycles. The van der Waals surface area contributed by atoms with Gasteiger partial charge in [-0.2, -0.15) is 0 Å². The standard InChI is InChI=1S/C17H17NO6S/c1-25(22,23)10-14-4-5-15(24-14)16(19)18-7-6-11-2-3-12(17(20)21)8-13(11)9-18/h2-5,8H,6-7,9-10H2,1H3,(H,20,21). The Bertz CT molecular complexity index is 944. The number of aromatic carboxylic acids is 1. The van der Waals surface area contributed by atoms with Crippen LogP contribution in [-0.4, -0.2) is 43.1 Å². The molecular formula is C17H17NO6S. The number of furan rings is 1. The highest BCUT2D eigenvalue weighted by Gasteiger charge is 2.25. The molecule has 1 aromatic heterocycles. The molecule has 2 aromatic rings. The molecule has 1 amide bonds. The van der Waals surface area contributed by atoms with Crippen molar-refractivity contribution in [3.05, 3.63) is 58.5 Å². The van der Waals surface area contributed by atoms with Crippen molar-refractivity contribution >= 4 is 21.7 Å². The number of nitrogens with zero attached hydrogens (tertiary/aromatic N) is 1. The lowest BCUT2D eigenvalue weighted by molar-refractivity contribution is 0.0696. The van der Waals surface area contributed by atoms with Crippen molar-refractivity contribution < 1.29 is 27.5 Å². The first-order valence-corrected chi connectivity index (χ1v) is 9.70. The monoisotopic (exact) mass is 363 g/mol. The zero-order chi connectivity index (χ0) is 18.2. The van der Waals surface area contributed by atoms with Crippen LogP contribution in [0.15, 0.2) is 34.7 Å². The lowest BCUT2D eigenvalue weighted by atomic mass is 9.97. The highest BCUT2D eigenvalue weighted by Crippen LogP contribution is 2.23. The minimum atomic E-state index is -3.24. The maximum atomic E-state index is 12.6. The molecule has 1 aliphatic heterocycles. The first kappa shape index (κ1) is 17.2. The van der Waals surface area contributed by atoms with Gasteiger partial charge >= 0.3 is 5.97 Å². The number of carbonyl (C=O) groups excluding carboxylic acids is 1. The summed E-state index contributed by atoms with van der Waals surface area (Å²) in [5.74, 6) is -1.31. The molecule has 0 aliphatic carbocycles. The van der Waals surface area contributed by atoms with E-state index in [-0.39, 0.29) is 35.3 Å². The van der Waals surface area contributed by atoms with E-state index >= 15 is 0 Å². The number of rotatable bonds is 4. The number of hydrogen-bond acceptors (Lipinski definition) is 5. The van der Waals surface area contributed by atoms with Crippen LogP contribution in [0.25, 0.3) is 0 Å². The molecule has 0 saturated carbocycles. The van der Waals surface area contributed by atoms with E-state index in [9.17, 15) is 18.0 Å². The predicted molar refractivity (Wildman–Crippen MR) is 89.1 cm³/mol. The highest BCUT2D eigenvalue weighted by molar-refractivity contribution is 7.89. The maximum absolute atomic E-state index is 12.6. The zero-order valence-corrected chi connectivity index (χ0v) is 14.4. The highest BCUT2D eigenvalue weighted by atomic mass is 32.2. The van der Waals surface area contributed by atoms with Gasteiger partial charge in [-0.05, 0) is 41.8 Å². The van der Waals surface area contributed by atoms with E-state index in [2.05, 4.69) is 0 Å². The average molecular weight is 363 g/mol. The lowest BCUT2D eigenvalue weighted by Crippen LogP contribution is -2.35. The third-order valence-electron chi connectivity index (χ3n) is 4.03. The SMILES string of the molecule is CS(=O)(=O)Cc1ccc(C(=O)N2CCc3ccc(C(=O)O)cc3C2)o1. The number of benzene rings is 1. The molecule has 1 N–H and O–H groups in total. The summed E-state index contributed by atoms with van der Waals surface area (Å²) in [6.07, 6.45) is 1.72. The van der Waals surface area contributed by atoms with Crippen LogP contribution in [0.3, 0.4) is 0 Å². The second-order valence-electron chi connectivity index (χ2n) is 6.10. The molecule has 8 heteroatoms. The van der Waals surface area contributed by atoms with Crippen molar-refractivity contribution in [3.63, 3.8) is 0 Å². The Morgan fingerprint density at radius 3 is 2.64 bits per heavy atom. The van der Waals surface area contributed by atoms with Crippen molar-refractivity contribution in [1.82, 2.24) is 4.90 Å². The quantitative estimate of drug-likeness (QED) is 0.887. The predicted octanol–water partition coefficient (Wildman–Crippen LogP) is 1.72. The Labute approximate surface area is 144 Å². The molecule has 0 atom stereocenters. The van der Waals surface area contributed by atoms with Gasteiger partial charge in [0.2, 0.25) is 0 Å². The minimum absolute atomic E-state index is 0.0801. The smallest absolute Gasteiger partial charge is 0.335 e. The Hall–Kier alpha value is -2.61. The minimum Gasteiger partial charge on any atom is -0.478 e. The molecule has 0 spiro atoms. The third-order valence-corrected chi connectivity index (χ3v) is 4.84. The van der Waals surface area contributed by atoms with Gasteiger partial charge in [-0.1, -0.05) is 6.07 Å². The van der Waals surface area contributed by atoms with Gasteiger partial charge in [0.1, 0.15) is 11.5 Å². The number of carboxylic acids is 1. The number of sulfone groups is 1. The zero-order valence-electron chi connectivity index (χ0n) is 13.6. The Morgan fingerprint density at radius 2 is 1.96 bits per heavy atom. The molecule has 1 aliphatic rings. The molecule has 0 bridgehead atoms. The van der Waals surface area contributed by atoms with E-state index in [0.717, 1.165) is 17.4 Å². The fourth-order valence-electron chi connectivity index (χ4n) is 2.85. The van der Waals surface area contributed by atoms with E-state index < -0.39 is 15.8 Å². The Morgan fingerprint density at radius 1 is 1.20 bits per heavy atom. The van der Waals surface area contributed by atoms with Crippen LogP contribution in [0.5, 0.6) is 0 Å². The number of fused-ring (bicyclic) bond motifs is 1. The summed E-state index contributed by atoms with van der Waals surface area (Å²) in [7, 11) is -3.24. The van der Waals surface area contributed by atoms with Gasteiger partial charge in [0.05, 0.1) is 5.56 Å². The fourth-order valence-corrected chi connectivity index (χ4v) is 3.52. The number of carbonyl (C=O) groups is 2. The summed E-state index contributed by atoms with van der Waals surface area (Å²) in [6.45, 7) is 0.776. The van der Waals surface area contributed by atoms with Gasteiger partial charge in [0.25, 0.3) is 5.91 Å². The molecule has 0 unspecified atom stereocenters. The van der Waals surface area contributed by atoms with Crippen LogP contribution < -0.4 is 0 Å². The molecule has 132 valence electrons. The van der Waals surface area contributed by atoms with E-state index in [1.54, 1.807) is 23.1 Å². The summed E-state index contributed by atoms with van der Waals surface area (Å²) in [5, 5.41) is 9.09. The van der Waals surface area contributed by atoms with Gasteiger partial charge in [-0.15, -0.1) is 0 Å². The summed E-state index contributed by atoms with van der Waals surface area (Å²) in [4.78, 5) is 25.2. The molecule has 1 aromatic carbocycles. The van der Waals surface area contributed by atoms with Crippen LogP contribution >= 0.6 is 0 Å². The van der Waals surface area contributed by atoms with Crippen LogP contribution in [0.1, 0.15) is 37.8 Å². The number of amides is 1. The Balaban J connectivity index is 1.78. The van der Waals surface area contributed by atoms with Crippen LogP contribution in [0, 0.1) is 0 Å². The van der Waals surface area contributed by atoms with Crippen molar-refractivity contribution in [2.45, 2.75) is 18.7 Å². The second kappa shape index (κ2) is 6.36. The molecule has 0 radical (unpaired) electrons. The van der Waals surface area contributed by atoms with Crippen molar-refractivity contribution in [2.75, 3.05) is 12.8 Å². The van der Waals surface area contributed by atoms with Gasteiger partial charge in [-0.3, -0.25) is 4.79 Å². The lowest BCUT2D eigenvalue weighted by Gasteiger charge is -2.28. The summed E-state index contributed by atoms with van der Waals surface area (Å²) >= 11 is 0. The van der Waals surface area contributed by atoms with Crippen molar-refractivity contribution in [2.24, 2.45) is 0 Å². The fraction of sp³-hybridized carbons (Fsp3) is 0.294. The first-order chi connectivity index (χ1) is 11.7. The van der Waals surface area contributed by atoms with Gasteiger partial charge in [0, 0.05) is 19.3 Å². The first-order valence-electron chi connectivity index (χ1n) is 7.64. The van der Waals surface area contributed by atoms with E-state index in [1.807, 2.05) is 0 Å². The largest absolute Gasteiger partial charge is 0.478 e. The molecule has 3 rings (SSSR count). The molecule has 0 fully saturated rings. The van der Waals surface area contributed by atoms with Gasteiger partial charge < -0.3 is 14.4 Å². The molecule has 25 heavy (non-hydrogen) atoms. The normalized spacial score (nSPS) is 14.2. The van der Waals surface area contributed by atoms with Crippen molar-refractivity contribution in [3.8, 4) is 0 Å². The third kappa shape index (κ3) is 3.90. The molecule has 7 nitrogen and oxygen atoms in total. The summed E-state index contributed by atoms with van der Waals surface area (Å²) in [6, 6.07) is 7.86. The topological polar surface area (TPSA) is 105 Å². The molecule has 0 saturated heterocycles. The Kier molecular flexibility index (Phi) is 4.38. The van der Waals surface area contributed by atoms with Crippen molar-refractivity contribution in [1.29, 1.82) is 0 Å². The van der Waals surface area contributed by atoms with Crippen LogP contribution in [-0.2, 0) is 28.6 Å². The van der Waals surface area contributed by atoms with Crippen LogP contribution in [0.4, 0.5) is 0 Å². The number of hydrogen-bond donors (Lipinski definition) is 1. The molecular weight excluding hydrogens is 346 g/mol. The summed E-state index contributed by atoms with van der Waals surface area (Å²) in [5.41, 5.74) is 2.00. The average Bonchev–Trinajstić information content (AvgIpc) is 2.99.